The second kappa shape index (κ2) is 7.56. The minimum Gasteiger partial charge on any atom is -0.497 e. The van der Waals surface area contributed by atoms with E-state index in [9.17, 15) is 0 Å². The van der Waals surface area contributed by atoms with Crippen molar-refractivity contribution in [1.82, 2.24) is 9.66 Å². The zero-order valence-electron chi connectivity index (χ0n) is 16.2. The quantitative estimate of drug-likeness (QED) is 0.377. The summed E-state index contributed by atoms with van der Waals surface area (Å²) < 4.78 is 7.26. The molecule has 1 aromatic heterocycles. The third-order valence-electron chi connectivity index (χ3n) is 4.78. The number of imidazole rings is 1. The molecule has 4 aromatic rings. The van der Waals surface area contributed by atoms with E-state index in [-0.39, 0.29) is 0 Å². The number of benzene rings is 3. The Hall–Kier alpha value is -3.39. The predicted octanol–water partition coefficient (Wildman–Crippen LogP) is 2.44. The van der Waals surface area contributed by atoms with Crippen LogP contribution in [0.1, 0.15) is 11.1 Å². The van der Waals surface area contributed by atoms with Gasteiger partial charge in [-0.15, -0.1) is 0 Å². The number of fused-ring (bicyclic) bond motifs is 1. The van der Waals surface area contributed by atoms with Crippen molar-refractivity contribution >= 4 is 11.0 Å². The van der Waals surface area contributed by atoms with Crippen molar-refractivity contribution in [3.63, 3.8) is 0 Å². The molecule has 0 atom stereocenters. The van der Waals surface area contributed by atoms with Gasteiger partial charge in [-0.25, -0.2) is 9.66 Å². The van der Waals surface area contributed by atoms with Gasteiger partial charge in [-0.2, -0.15) is 0 Å². The molecule has 0 bridgehead atoms. The first-order valence-electron chi connectivity index (χ1n) is 9.27. The molecular weight excluding hydrogens is 364 g/mol. The number of ether oxygens (including phenoxy) is 1. The zero-order chi connectivity index (χ0) is 20.4. The maximum Gasteiger partial charge on any atom is 0.159 e. The molecule has 4 rings (SSSR count). The number of nitrogens with zero attached hydrogens (tertiary/aromatic N) is 2. The van der Waals surface area contributed by atoms with Crippen molar-refractivity contribution in [3.8, 4) is 17.1 Å². The Bertz CT molecular complexity index is 1130. The number of aromatic nitrogens is 2. The fourth-order valence-corrected chi connectivity index (χ4v) is 3.24. The number of para-hydroxylation sites is 2. The van der Waals surface area contributed by atoms with E-state index in [1.54, 1.807) is 7.11 Å². The Kier molecular flexibility index (Phi) is 4.94. The van der Waals surface area contributed by atoms with E-state index in [1.807, 2.05) is 77.5 Å². The van der Waals surface area contributed by atoms with E-state index in [0.717, 1.165) is 33.7 Å². The maximum absolute atomic E-state index is 5.82. The molecule has 0 aliphatic heterocycles. The lowest BCUT2D eigenvalue weighted by atomic mass is 10.1. The average molecular weight is 388 g/mol. The number of nitrogens with two attached hydrogens (primary N) is 3. The Morgan fingerprint density at radius 2 is 1.72 bits per heavy atom. The van der Waals surface area contributed by atoms with Crippen LogP contribution in [0.15, 0.2) is 72.8 Å². The second-order valence-electron chi connectivity index (χ2n) is 6.96. The fourth-order valence-electron chi connectivity index (χ4n) is 3.24. The Labute approximate surface area is 169 Å². The minimum absolute atomic E-state index is 0.549. The van der Waals surface area contributed by atoms with Gasteiger partial charge in [-0.1, -0.05) is 30.3 Å². The normalized spacial score (nSPS) is 11.6. The summed E-state index contributed by atoms with van der Waals surface area (Å²) in [6.45, 7) is 0.549. The van der Waals surface area contributed by atoms with Gasteiger partial charge in [0.15, 0.2) is 5.82 Å². The molecule has 7 nitrogen and oxygen atoms in total. The number of rotatable bonds is 6. The average Bonchev–Trinajstić information content (AvgIpc) is 3.10. The summed E-state index contributed by atoms with van der Waals surface area (Å²) in [7, 11) is 1.65. The lowest BCUT2D eigenvalue weighted by Gasteiger charge is -2.20. The van der Waals surface area contributed by atoms with Gasteiger partial charge in [-0.05, 0) is 48.0 Å². The SMILES string of the molecule is COc1ccc(-c2nc3ccccc3n2NCc2cccc(C(N)(N)N)c2)cc1. The number of methoxy groups -OCH3 is 1. The van der Waals surface area contributed by atoms with Crippen LogP contribution in [0.4, 0.5) is 0 Å². The van der Waals surface area contributed by atoms with E-state index >= 15 is 0 Å². The summed E-state index contributed by atoms with van der Waals surface area (Å²) in [5.41, 5.74) is 25.5. The Morgan fingerprint density at radius 3 is 2.45 bits per heavy atom. The summed E-state index contributed by atoms with van der Waals surface area (Å²) in [6.07, 6.45) is 0. The van der Waals surface area contributed by atoms with Crippen LogP contribution in [0.25, 0.3) is 22.4 Å². The Morgan fingerprint density at radius 1 is 0.966 bits per heavy atom. The summed E-state index contributed by atoms with van der Waals surface area (Å²) in [4.78, 5) is 4.81. The summed E-state index contributed by atoms with van der Waals surface area (Å²) in [6, 6.07) is 23.4. The van der Waals surface area contributed by atoms with Gasteiger partial charge in [0.2, 0.25) is 0 Å². The molecule has 0 fully saturated rings. The van der Waals surface area contributed by atoms with Crippen molar-refractivity contribution in [1.29, 1.82) is 0 Å². The van der Waals surface area contributed by atoms with E-state index < -0.39 is 5.79 Å². The summed E-state index contributed by atoms with van der Waals surface area (Å²) in [5.74, 6) is 0.247. The fraction of sp³-hybridized carbons (Fsp3) is 0.136. The molecule has 7 N–H and O–H groups in total. The summed E-state index contributed by atoms with van der Waals surface area (Å²) in [5, 5.41) is 0. The van der Waals surface area contributed by atoms with Gasteiger partial charge in [0.1, 0.15) is 11.5 Å². The lowest BCUT2D eigenvalue weighted by molar-refractivity contribution is 0.415. The van der Waals surface area contributed by atoms with Crippen LogP contribution in [0.2, 0.25) is 0 Å². The van der Waals surface area contributed by atoms with E-state index in [4.69, 9.17) is 26.9 Å². The van der Waals surface area contributed by atoms with Crippen LogP contribution >= 0.6 is 0 Å². The van der Waals surface area contributed by atoms with E-state index in [2.05, 4.69) is 5.43 Å². The number of nitrogens with one attached hydrogen (secondary N) is 1. The monoisotopic (exact) mass is 388 g/mol. The van der Waals surface area contributed by atoms with E-state index in [1.165, 1.54) is 0 Å². The third-order valence-corrected chi connectivity index (χ3v) is 4.78. The van der Waals surface area contributed by atoms with Gasteiger partial charge in [0, 0.05) is 11.1 Å². The zero-order valence-corrected chi connectivity index (χ0v) is 16.2. The van der Waals surface area contributed by atoms with Gasteiger partial charge in [0.25, 0.3) is 0 Å². The smallest absolute Gasteiger partial charge is 0.159 e. The first-order valence-corrected chi connectivity index (χ1v) is 9.27. The molecular formula is C22H24N6O. The van der Waals surface area contributed by atoms with Crippen molar-refractivity contribution in [3.05, 3.63) is 83.9 Å². The topological polar surface area (TPSA) is 117 Å². The third kappa shape index (κ3) is 3.93. The van der Waals surface area contributed by atoms with Crippen molar-refractivity contribution < 1.29 is 4.74 Å². The molecule has 0 radical (unpaired) electrons. The number of hydrogen-bond donors (Lipinski definition) is 4. The van der Waals surface area contributed by atoms with Crippen molar-refractivity contribution in [2.45, 2.75) is 12.3 Å². The molecule has 0 spiro atoms. The molecule has 0 unspecified atom stereocenters. The first-order chi connectivity index (χ1) is 14.0. The molecule has 3 aromatic carbocycles. The molecule has 0 aliphatic rings. The van der Waals surface area contributed by atoms with Gasteiger partial charge in [-0.3, -0.25) is 17.2 Å². The van der Waals surface area contributed by atoms with Crippen LogP contribution in [-0.2, 0) is 12.3 Å². The largest absolute Gasteiger partial charge is 0.497 e. The van der Waals surface area contributed by atoms with Gasteiger partial charge >= 0.3 is 0 Å². The van der Waals surface area contributed by atoms with Crippen molar-refractivity contribution in [2.75, 3.05) is 12.5 Å². The molecule has 7 heteroatoms. The highest BCUT2D eigenvalue weighted by molar-refractivity contribution is 5.81. The molecule has 148 valence electrons. The molecule has 0 saturated heterocycles. The molecule has 1 heterocycles. The van der Waals surface area contributed by atoms with Crippen molar-refractivity contribution in [2.24, 2.45) is 17.2 Å². The highest BCUT2D eigenvalue weighted by Gasteiger charge is 2.16. The maximum atomic E-state index is 5.82. The van der Waals surface area contributed by atoms with Crippen LogP contribution in [0.3, 0.4) is 0 Å². The van der Waals surface area contributed by atoms with Gasteiger partial charge in [0.05, 0.1) is 24.7 Å². The Balaban J connectivity index is 1.69. The lowest BCUT2D eigenvalue weighted by Crippen LogP contribution is -2.54. The second-order valence-corrected chi connectivity index (χ2v) is 6.96. The molecule has 29 heavy (non-hydrogen) atoms. The standard InChI is InChI=1S/C22H24N6O/c1-29-18-11-9-16(10-12-18)21-27-19-7-2-3-8-20(19)28(21)26-14-15-5-4-6-17(13-15)22(23,24)25/h2-13,26H,14,23-25H2,1H3. The highest BCUT2D eigenvalue weighted by Crippen LogP contribution is 2.25. The summed E-state index contributed by atoms with van der Waals surface area (Å²) >= 11 is 0. The highest BCUT2D eigenvalue weighted by atomic mass is 16.5. The van der Waals surface area contributed by atoms with Crippen LogP contribution in [-0.4, -0.2) is 16.8 Å². The predicted molar refractivity (Wildman–Crippen MR) is 115 cm³/mol. The first kappa shape index (κ1) is 18.9. The molecule has 0 amide bonds. The minimum atomic E-state index is -1.37. The molecule has 0 saturated carbocycles. The molecule has 0 aliphatic carbocycles. The van der Waals surface area contributed by atoms with Crippen LogP contribution < -0.4 is 27.4 Å². The van der Waals surface area contributed by atoms with Crippen LogP contribution in [0, 0.1) is 0 Å². The van der Waals surface area contributed by atoms with E-state index in [0.29, 0.717) is 12.1 Å². The number of hydrogen-bond acceptors (Lipinski definition) is 6. The van der Waals surface area contributed by atoms with Crippen LogP contribution in [0.5, 0.6) is 5.75 Å². The van der Waals surface area contributed by atoms with Gasteiger partial charge < -0.3 is 10.2 Å².